The number of nitrogens with one attached hydrogen (secondary N) is 1. The molecule has 1 N–H and O–H groups in total. The zero-order valence-electron chi connectivity index (χ0n) is 16.5. The Morgan fingerprint density at radius 3 is 2.78 bits per heavy atom. The minimum Gasteiger partial charge on any atom is -0.464 e. The summed E-state index contributed by atoms with van der Waals surface area (Å²) in [5, 5.41) is 5.10. The van der Waals surface area contributed by atoms with Gasteiger partial charge in [0.25, 0.3) is 0 Å². The molecule has 0 bridgehead atoms. The van der Waals surface area contributed by atoms with Crippen molar-refractivity contribution in [3.63, 3.8) is 0 Å². The van der Waals surface area contributed by atoms with Crippen LogP contribution in [0.1, 0.15) is 38.2 Å². The standard InChI is InChI=1S/C21H29NO4S/c1-5-26-21(24)19(10-11-27-4)22-20(23)14(2)15-6-7-17-13-18(25-3)9-8-16(17)12-15/h6-8,12-14,18-19H,5,9-11H2,1-4H3,(H,22,23). The molecular formula is C21H29NO4S. The predicted octanol–water partition coefficient (Wildman–Crippen LogP) is 1.57. The van der Waals surface area contributed by atoms with E-state index in [0.29, 0.717) is 13.0 Å². The minimum absolute atomic E-state index is 0.103. The van der Waals surface area contributed by atoms with Gasteiger partial charge in [-0.25, -0.2) is 4.79 Å². The van der Waals surface area contributed by atoms with Crippen LogP contribution in [0.3, 0.4) is 0 Å². The molecule has 27 heavy (non-hydrogen) atoms. The molecule has 2 rings (SSSR count). The molecule has 6 heteroatoms. The van der Waals surface area contributed by atoms with Crippen molar-refractivity contribution in [3.05, 3.63) is 34.2 Å². The van der Waals surface area contributed by atoms with E-state index in [-0.39, 0.29) is 23.9 Å². The van der Waals surface area contributed by atoms with Gasteiger partial charge in [-0.3, -0.25) is 4.79 Å². The van der Waals surface area contributed by atoms with Crippen molar-refractivity contribution < 1.29 is 19.1 Å². The zero-order chi connectivity index (χ0) is 19.8. The van der Waals surface area contributed by atoms with Gasteiger partial charge in [0.05, 0.1) is 18.6 Å². The number of rotatable bonds is 9. The Morgan fingerprint density at radius 2 is 2.11 bits per heavy atom. The lowest BCUT2D eigenvalue weighted by Gasteiger charge is -2.20. The molecular weight excluding hydrogens is 362 g/mol. The third-order valence-electron chi connectivity index (χ3n) is 4.74. The highest BCUT2D eigenvalue weighted by atomic mass is 32.2. The van der Waals surface area contributed by atoms with Gasteiger partial charge in [0.2, 0.25) is 5.91 Å². The molecule has 0 radical (unpaired) electrons. The number of esters is 1. The monoisotopic (exact) mass is 391 g/mol. The Labute approximate surface area is 165 Å². The lowest BCUT2D eigenvalue weighted by Crippen LogP contribution is -2.44. The number of hydrogen-bond acceptors (Lipinski definition) is 5. The van der Waals surface area contributed by atoms with Crippen molar-refractivity contribution in [1.82, 2.24) is 5.32 Å². The quantitative estimate of drug-likeness (QED) is 0.648. The summed E-state index contributed by atoms with van der Waals surface area (Å²) < 4.78 is 10.5. The SMILES string of the molecule is CCOC(=O)C(CCSC)NC(=O)C(C)c1ccc2c(c1)=CCC(OC)C=2. The molecule has 1 aromatic carbocycles. The lowest BCUT2D eigenvalue weighted by molar-refractivity contribution is -0.147. The number of benzene rings is 1. The van der Waals surface area contributed by atoms with E-state index in [9.17, 15) is 9.59 Å². The third-order valence-corrected chi connectivity index (χ3v) is 5.38. The molecule has 1 aromatic rings. The molecule has 0 aromatic heterocycles. The zero-order valence-corrected chi connectivity index (χ0v) is 17.3. The Bertz CT molecular complexity index is 777. The van der Waals surface area contributed by atoms with Crippen molar-refractivity contribution in [2.24, 2.45) is 0 Å². The summed E-state index contributed by atoms with van der Waals surface area (Å²) >= 11 is 1.64. The number of fused-ring (bicyclic) bond motifs is 1. The van der Waals surface area contributed by atoms with E-state index in [4.69, 9.17) is 9.47 Å². The summed E-state index contributed by atoms with van der Waals surface area (Å²) in [5.41, 5.74) is 0.930. The number of ether oxygens (including phenoxy) is 2. The Balaban J connectivity index is 2.13. The van der Waals surface area contributed by atoms with E-state index in [1.807, 2.05) is 31.4 Å². The number of methoxy groups -OCH3 is 1. The highest BCUT2D eigenvalue weighted by Crippen LogP contribution is 2.14. The number of amides is 1. The molecule has 1 amide bonds. The molecule has 1 aliphatic carbocycles. The van der Waals surface area contributed by atoms with Crippen LogP contribution >= 0.6 is 11.8 Å². The fraction of sp³-hybridized carbons (Fsp3) is 0.524. The van der Waals surface area contributed by atoms with Gasteiger partial charge >= 0.3 is 5.97 Å². The van der Waals surface area contributed by atoms with E-state index in [1.54, 1.807) is 25.8 Å². The largest absolute Gasteiger partial charge is 0.464 e. The van der Waals surface area contributed by atoms with Crippen LogP contribution in [0, 0.1) is 0 Å². The van der Waals surface area contributed by atoms with Crippen LogP contribution in [0.25, 0.3) is 12.2 Å². The second-order valence-electron chi connectivity index (χ2n) is 6.59. The molecule has 0 heterocycles. The van der Waals surface area contributed by atoms with Crippen molar-refractivity contribution in [2.45, 2.75) is 44.8 Å². The fourth-order valence-corrected chi connectivity index (χ4v) is 3.51. The van der Waals surface area contributed by atoms with Gasteiger partial charge < -0.3 is 14.8 Å². The molecule has 0 aliphatic heterocycles. The molecule has 1 aliphatic rings. The first kappa shape index (κ1) is 21.5. The summed E-state index contributed by atoms with van der Waals surface area (Å²) in [7, 11) is 1.71. The second-order valence-corrected chi connectivity index (χ2v) is 7.57. The van der Waals surface area contributed by atoms with Crippen LogP contribution in [0.5, 0.6) is 0 Å². The molecule has 0 saturated heterocycles. The number of hydrogen-bond donors (Lipinski definition) is 1. The van der Waals surface area contributed by atoms with Crippen LogP contribution < -0.4 is 15.8 Å². The molecule has 5 nitrogen and oxygen atoms in total. The average molecular weight is 392 g/mol. The summed E-state index contributed by atoms with van der Waals surface area (Å²) in [4.78, 5) is 24.9. The first-order valence-electron chi connectivity index (χ1n) is 9.30. The molecule has 3 unspecified atom stereocenters. The topological polar surface area (TPSA) is 64.6 Å². The van der Waals surface area contributed by atoms with Crippen molar-refractivity contribution in [1.29, 1.82) is 0 Å². The van der Waals surface area contributed by atoms with Gasteiger partial charge in [0.15, 0.2) is 0 Å². The van der Waals surface area contributed by atoms with Crippen molar-refractivity contribution in [3.8, 4) is 0 Å². The maximum atomic E-state index is 12.7. The van der Waals surface area contributed by atoms with E-state index in [0.717, 1.165) is 28.2 Å². The van der Waals surface area contributed by atoms with Crippen LogP contribution in [-0.2, 0) is 19.1 Å². The van der Waals surface area contributed by atoms with Gasteiger partial charge in [0.1, 0.15) is 6.04 Å². The first-order chi connectivity index (χ1) is 13.0. The molecule has 148 valence electrons. The number of carbonyl (C=O) groups excluding carboxylic acids is 2. The van der Waals surface area contributed by atoms with Crippen LogP contribution in [-0.4, -0.2) is 49.7 Å². The summed E-state index contributed by atoms with van der Waals surface area (Å²) in [6.07, 6.45) is 7.70. The van der Waals surface area contributed by atoms with Crippen molar-refractivity contribution >= 4 is 35.8 Å². The lowest BCUT2D eigenvalue weighted by atomic mass is 9.96. The van der Waals surface area contributed by atoms with Gasteiger partial charge in [0, 0.05) is 7.11 Å². The van der Waals surface area contributed by atoms with E-state index in [2.05, 4.69) is 17.5 Å². The highest BCUT2D eigenvalue weighted by Gasteiger charge is 2.25. The summed E-state index contributed by atoms with van der Waals surface area (Å²) in [6.45, 7) is 3.93. The maximum absolute atomic E-state index is 12.7. The maximum Gasteiger partial charge on any atom is 0.328 e. The van der Waals surface area contributed by atoms with Gasteiger partial charge in [-0.2, -0.15) is 11.8 Å². The molecule has 0 fully saturated rings. The van der Waals surface area contributed by atoms with Gasteiger partial charge in [-0.15, -0.1) is 0 Å². The highest BCUT2D eigenvalue weighted by molar-refractivity contribution is 7.98. The minimum atomic E-state index is -0.604. The number of carbonyl (C=O) groups is 2. The second kappa shape index (κ2) is 10.5. The number of thioether (sulfide) groups is 1. The molecule has 0 spiro atoms. The van der Waals surface area contributed by atoms with E-state index in [1.165, 1.54) is 0 Å². The molecule has 3 atom stereocenters. The summed E-state index contributed by atoms with van der Waals surface area (Å²) in [6, 6.07) is 5.43. The van der Waals surface area contributed by atoms with E-state index < -0.39 is 6.04 Å². The smallest absolute Gasteiger partial charge is 0.328 e. The van der Waals surface area contributed by atoms with E-state index >= 15 is 0 Å². The fourth-order valence-electron chi connectivity index (χ4n) is 3.04. The van der Waals surface area contributed by atoms with Crippen LogP contribution in [0.4, 0.5) is 0 Å². The van der Waals surface area contributed by atoms with Crippen molar-refractivity contribution in [2.75, 3.05) is 25.7 Å². The Kier molecular flexibility index (Phi) is 8.38. The third kappa shape index (κ3) is 5.84. The average Bonchev–Trinajstić information content (AvgIpc) is 2.69. The Morgan fingerprint density at radius 1 is 1.33 bits per heavy atom. The normalized spacial score (nSPS) is 17.7. The summed E-state index contributed by atoms with van der Waals surface area (Å²) in [5.74, 6) is -0.104. The predicted molar refractivity (Wildman–Crippen MR) is 110 cm³/mol. The van der Waals surface area contributed by atoms with Crippen LogP contribution in [0.15, 0.2) is 18.2 Å². The first-order valence-corrected chi connectivity index (χ1v) is 10.7. The van der Waals surface area contributed by atoms with Gasteiger partial charge in [-0.05, 0) is 60.8 Å². The van der Waals surface area contributed by atoms with Crippen LogP contribution in [0.2, 0.25) is 0 Å². The van der Waals surface area contributed by atoms with Gasteiger partial charge in [-0.1, -0.05) is 24.3 Å². The Hall–Kier alpha value is -1.79. The molecule has 0 saturated carbocycles.